The van der Waals surface area contributed by atoms with Gasteiger partial charge in [0, 0.05) is 37.7 Å². The average Bonchev–Trinajstić information content (AvgIpc) is 3.03. The molecule has 4 aromatic rings. The Morgan fingerprint density at radius 1 is 0.405 bits per heavy atom. The Kier molecular flexibility index (Phi) is 14.5. The molecule has 6 heteroatoms. The lowest BCUT2D eigenvalue weighted by Gasteiger charge is -2.25. The van der Waals surface area contributed by atoms with E-state index in [1.807, 2.05) is 23.5 Å². The average molecular weight is 629 g/mol. The van der Waals surface area contributed by atoms with E-state index in [2.05, 4.69) is 131 Å². The molecule has 0 unspecified atom stereocenters. The van der Waals surface area contributed by atoms with Crippen molar-refractivity contribution in [1.82, 2.24) is 9.80 Å². The van der Waals surface area contributed by atoms with Crippen LogP contribution in [0.1, 0.15) is 47.9 Å². The highest BCUT2D eigenvalue weighted by atomic mass is 32.2. The van der Waals surface area contributed by atoms with Gasteiger partial charge < -0.3 is 9.80 Å². The number of unbranched alkanes of at least 4 members (excludes halogenated alkanes) is 3. The van der Waals surface area contributed by atoms with Crippen molar-refractivity contribution in [3.05, 3.63) is 144 Å². The van der Waals surface area contributed by atoms with Crippen LogP contribution in [-0.4, -0.2) is 29.9 Å². The van der Waals surface area contributed by atoms with Crippen LogP contribution in [0.25, 0.3) is 0 Å². The van der Waals surface area contributed by atoms with Gasteiger partial charge in [0.05, 0.1) is 0 Å². The van der Waals surface area contributed by atoms with E-state index in [1.54, 1.807) is 0 Å². The van der Waals surface area contributed by atoms with Gasteiger partial charge in [-0.05, 0) is 35.1 Å². The van der Waals surface area contributed by atoms with Crippen molar-refractivity contribution in [3.8, 4) is 0 Å². The first-order valence-electron chi connectivity index (χ1n) is 14.7. The molecule has 0 saturated heterocycles. The maximum Gasteiger partial charge on any atom is 0.136 e. The molecule has 2 nitrogen and oxygen atoms in total. The molecule has 0 aliphatic carbocycles. The third-order valence-electron chi connectivity index (χ3n) is 6.87. The molecule has 0 bridgehead atoms. The number of rotatable bonds is 15. The van der Waals surface area contributed by atoms with Gasteiger partial charge in [0.2, 0.25) is 0 Å². The van der Waals surface area contributed by atoms with Gasteiger partial charge >= 0.3 is 0 Å². The van der Waals surface area contributed by atoms with Crippen LogP contribution in [0.2, 0.25) is 0 Å². The second-order valence-electron chi connectivity index (χ2n) is 10.3. The van der Waals surface area contributed by atoms with Crippen LogP contribution in [0.5, 0.6) is 0 Å². The summed E-state index contributed by atoms with van der Waals surface area (Å²) in [6.45, 7) is 3.35. The molecule has 218 valence electrons. The highest BCUT2D eigenvalue weighted by molar-refractivity contribution is 8.23. The molecular weight excluding hydrogens is 589 g/mol. The summed E-state index contributed by atoms with van der Waals surface area (Å²) in [6, 6.07) is 42.5. The first kappa shape index (κ1) is 32.3. The Labute approximate surface area is 271 Å². The number of nitrogens with zero attached hydrogens (tertiary/aromatic N) is 2. The molecule has 0 saturated carbocycles. The van der Waals surface area contributed by atoms with E-state index in [-0.39, 0.29) is 0 Å². The Bertz CT molecular complexity index is 1130. The van der Waals surface area contributed by atoms with Crippen molar-refractivity contribution in [1.29, 1.82) is 0 Å². The lowest BCUT2D eigenvalue weighted by molar-refractivity contribution is 0.421. The van der Waals surface area contributed by atoms with E-state index < -0.39 is 0 Å². The SMILES string of the molecule is S=C(SCCCCCCSC(=S)N(Cc1ccccc1)Cc1ccccc1)N(Cc1ccccc1)Cc1ccccc1. The Morgan fingerprint density at radius 2 is 0.667 bits per heavy atom. The highest BCUT2D eigenvalue weighted by Gasteiger charge is 2.13. The summed E-state index contributed by atoms with van der Waals surface area (Å²) in [5, 5.41) is 0. The summed E-state index contributed by atoms with van der Waals surface area (Å²) < 4.78 is 1.97. The van der Waals surface area contributed by atoms with Gasteiger partial charge in [-0.2, -0.15) is 0 Å². The Hall–Kier alpha value is -2.64. The number of benzene rings is 4. The molecule has 0 aliphatic rings. The highest BCUT2D eigenvalue weighted by Crippen LogP contribution is 2.21. The smallest absolute Gasteiger partial charge is 0.136 e. The Morgan fingerprint density at radius 3 is 0.929 bits per heavy atom. The van der Waals surface area contributed by atoms with Crippen LogP contribution >= 0.6 is 48.0 Å². The van der Waals surface area contributed by atoms with Gasteiger partial charge in [0.1, 0.15) is 8.64 Å². The van der Waals surface area contributed by atoms with Crippen molar-refractivity contribution in [3.63, 3.8) is 0 Å². The van der Waals surface area contributed by atoms with Gasteiger partial charge in [-0.25, -0.2) is 0 Å². The van der Waals surface area contributed by atoms with Gasteiger partial charge in [-0.1, -0.05) is 182 Å². The molecular formula is C36H40N2S4. The number of hydrogen-bond acceptors (Lipinski definition) is 4. The second kappa shape index (κ2) is 18.8. The van der Waals surface area contributed by atoms with Crippen LogP contribution in [-0.2, 0) is 26.2 Å². The summed E-state index contributed by atoms with van der Waals surface area (Å²) in [5.41, 5.74) is 5.16. The van der Waals surface area contributed by atoms with Gasteiger partial charge in [0.25, 0.3) is 0 Å². The summed E-state index contributed by atoms with van der Waals surface area (Å²) in [5.74, 6) is 2.12. The maximum atomic E-state index is 5.91. The van der Waals surface area contributed by atoms with Crippen LogP contribution in [0.15, 0.2) is 121 Å². The zero-order valence-electron chi connectivity index (χ0n) is 24.1. The molecule has 0 radical (unpaired) electrons. The minimum absolute atomic E-state index is 0.838. The number of thioether (sulfide) groups is 2. The first-order chi connectivity index (χ1) is 20.7. The minimum atomic E-state index is 0.838. The van der Waals surface area contributed by atoms with Crippen LogP contribution in [0.4, 0.5) is 0 Å². The molecule has 0 amide bonds. The molecule has 0 atom stereocenters. The van der Waals surface area contributed by atoms with E-state index in [4.69, 9.17) is 24.4 Å². The molecule has 42 heavy (non-hydrogen) atoms. The van der Waals surface area contributed by atoms with E-state index in [9.17, 15) is 0 Å². The van der Waals surface area contributed by atoms with E-state index >= 15 is 0 Å². The summed E-state index contributed by atoms with van der Waals surface area (Å²) in [4.78, 5) is 4.66. The molecule has 4 rings (SSSR count). The van der Waals surface area contributed by atoms with Crippen molar-refractivity contribution in [2.24, 2.45) is 0 Å². The standard InChI is InChI=1S/C36H40N2S4/c39-35(37(27-31-17-7-3-8-18-31)28-32-19-9-4-10-20-32)41-25-15-1-2-16-26-42-36(40)38(29-33-21-11-5-12-22-33)30-34-23-13-6-14-24-34/h3-14,17-24H,1-2,15-16,25-30H2. The summed E-state index contributed by atoms with van der Waals surface area (Å²) >= 11 is 15.5. The zero-order chi connectivity index (χ0) is 29.2. The van der Waals surface area contributed by atoms with Crippen molar-refractivity contribution >= 4 is 56.6 Å². The fourth-order valence-corrected chi connectivity index (χ4v) is 7.07. The normalized spacial score (nSPS) is 10.8. The van der Waals surface area contributed by atoms with E-state index in [0.29, 0.717) is 0 Å². The van der Waals surface area contributed by atoms with E-state index in [1.165, 1.54) is 47.9 Å². The second-order valence-corrected chi connectivity index (χ2v) is 13.8. The third kappa shape index (κ3) is 11.9. The summed E-state index contributed by atoms with van der Waals surface area (Å²) in [6.07, 6.45) is 4.80. The molecule has 0 aliphatic heterocycles. The van der Waals surface area contributed by atoms with E-state index in [0.717, 1.165) is 46.3 Å². The summed E-state index contributed by atoms with van der Waals surface area (Å²) in [7, 11) is 0. The topological polar surface area (TPSA) is 6.48 Å². The molecule has 0 heterocycles. The third-order valence-corrected chi connectivity index (χ3v) is 10.1. The Balaban J connectivity index is 1.16. The first-order valence-corrected chi connectivity index (χ1v) is 17.5. The predicted molar refractivity (Wildman–Crippen MR) is 193 cm³/mol. The number of hydrogen-bond donors (Lipinski definition) is 0. The quantitative estimate of drug-likeness (QED) is 0.0948. The van der Waals surface area contributed by atoms with Crippen LogP contribution < -0.4 is 0 Å². The molecule has 0 N–H and O–H groups in total. The van der Waals surface area contributed by atoms with Gasteiger partial charge in [-0.15, -0.1) is 0 Å². The van der Waals surface area contributed by atoms with Crippen molar-refractivity contribution in [2.75, 3.05) is 11.5 Å². The maximum absolute atomic E-state index is 5.91. The molecule has 0 fully saturated rings. The monoisotopic (exact) mass is 628 g/mol. The van der Waals surface area contributed by atoms with Crippen LogP contribution in [0.3, 0.4) is 0 Å². The zero-order valence-corrected chi connectivity index (χ0v) is 27.4. The lowest BCUT2D eigenvalue weighted by atomic mass is 10.2. The fourth-order valence-electron chi connectivity index (χ4n) is 4.64. The van der Waals surface area contributed by atoms with Crippen molar-refractivity contribution in [2.45, 2.75) is 51.9 Å². The minimum Gasteiger partial charge on any atom is -0.349 e. The van der Waals surface area contributed by atoms with Gasteiger partial charge in [0.15, 0.2) is 0 Å². The lowest BCUT2D eigenvalue weighted by Crippen LogP contribution is -2.26. The fraction of sp³-hybridized carbons (Fsp3) is 0.278. The molecule has 0 aromatic heterocycles. The van der Waals surface area contributed by atoms with Crippen molar-refractivity contribution < 1.29 is 0 Å². The number of thiocarbonyl (C=S) groups is 2. The predicted octanol–water partition coefficient (Wildman–Crippen LogP) is 9.99. The van der Waals surface area contributed by atoms with Gasteiger partial charge in [-0.3, -0.25) is 0 Å². The molecule has 4 aromatic carbocycles. The largest absolute Gasteiger partial charge is 0.349 e. The van der Waals surface area contributed by atoms with Crippen LogP contribution in [0, 0.1) is 0 Å². The molecule has 0 spiro atoms.